The standard InChI is InChI=1S/C12H17F3N2/c1-8(16)12(17(2)7-11(14)15)9-4-3-5-10(13)6-9/h3-6,8,11-12H,7,16H2,1-2H3. The van der Waals surface area contributed by atoms with Gasteiger partial charge in [-0.25, -0.2) is 13.2 Å². The van der Waals surface area contributed by atoms with Gasteiger partial charge in [-0.1, -0.05) is 12.1 Å². The summed E-state index contributed by atoms with van der Waals surface area (Å²) in [6.45, 7) is 1.33. The van der Waals surface area contributed by atoms with Gasteiger partial charge in [-0.2, -0.15) is 0 Å². The topological polar surface area (TPSA) is 29.3 Å². The van der Waals surface area contributed by atoms with Crippen molar-refractivity contribution in [2.24, 2.45) is 5.73 Å². The molecule has 0 saturated carbocycles. The summed E-state index contributed by atoms with van der Waals surface area (Å²) in [6.07, 6.45) is -2.44. The second kappa shape index (κ2) is 6.02. The Hall–Kier alpha value is -1.07. The third-order valence-electron chi connectivity index (χ3n) is 2.59. The molecule has 0 spiro atoms. The molecule has 17 heavy (non-hydrogen) atoms. The fourth-order valence-electron chi connectivity index (χ4n) is 1.98. The monoisotopic (exact) mass is 246 g/mol. The van der Waals surface area contributed by atoms with Gasteiger partial charge in [0.2, 0.25) is 0 Å². The lowest BCUT2D eigenvalue weighted by Crippen LogP contribution is -2.39. The molecule has 2 unspecified atom stereocenters. The van der Waals surface area contributed by atoms with E-state index in [1.54, 1.807) is 26.1 Å². The van der Waals surface area contributed by atoms with Gasteiger partial charge in [0, 0.05) is 12.1 Å². The molecule has 1 rings (SSSR count). The Labute approximate surface area is 99.2 Å². The van der Waals surface area contributed by atoms with Crippen LogP contribution in [-0.2, 0) is 0 Å². The van der Waals surface area contributed by atoms with E-state index in [-0.39, 0.29) is 12.6 Å². The number of hydrogen-bond donors (Lipinski definition) is 1. The number of likely N-dealkylation sites (N-methyl/N-ethyl adjacent to an activating group) is 1. The molecule has 5 heteroatoms. The Balaban J connectivity index is 2.93. The summed E-state index contributed by atoms with van der Waals surface area (Å²) in [6, 6.07) is 5.11. The van der Waals surface area contributed by atoms with Crippen LogP contribution in [0.5, 0.6) is 0 Å². The van der Waals surface area contributed by atoms with E-state index in [2.05, 4.69) is 0 Å². The van der Waals surface area contributed by atoms with Gasteiger partial charge in [0.1, 0.15) is 5.82 Å². The van der Waals surface area contributed by atoms with Gasteiger partial charge < -0.3 is 5.73 Å². The Morgan fingerprint density at radius 3 is 2.47 bits per heavy atom. The van der Waals surface area contributed by atoms with Gasteiger partial charge in [-0.15, -0.1) is 0 Å². The molecule has 1 aromatic rings. The fraction of sp³-hybridized carbons (Fsp3) is 0.500. The van der Waals surface area contributed by atoms with Crippen molar-refractivity contribution in [3.05, 3.63) is 35.6 Å². The van der Waals surface area contributed by atoms with Crippen molar-refractivity contribution in [1.82, 2.24) is 4.90 Å². The zero-order chi connectivity index (χ0) is 13.0. The van der Waals surface area contributed by atoms with E-state index in [1.807, 2.05) is 0 Å². The van der Waals surface area contributed by atoms with Crippen LogP contribution in [0.3, 0.4) is 0 Å². The molecule has 0 saturated heterocycles. The zero-order valence-electron chi connectivity index (χ0n) is 9.91. The van der Waals surface area contributed by atoms with E-state index in [9.17, 15) is 13.2 Å². The molecule has 1 aromatic carbocycles. The van der Waals surface area contributed by atoms with E-state index in [0.717, 1.165) is 0 Å². The summed E-state index contributed by atoms with van der Waals surface area (Å²) in [5.41, 5.74) is 6.40. The molecule has 0 amide bonds. The molecular formula is C12H17F3N2. The highest BCUT2D eigenvalue weighted by molar-refractivity contribution is 5.21. The minimum atomic E-state index is -2.44. The number of halogens is 3. The predicted molar refractivity (Wildman–Crippen MR) is 61.4 cm³/mol. The molecule has 2 N–H and O–H groups in total. The quantitative estimate of drug-likeness (QED) is 0.864. The fourth-order valence-corrected chi connectivity index (χ4v) is 1.98. The van der Waals surface area contributed by atoms with E-state index < -0.39 is 18.3 Å². The summed E-state index contributed by atoms with van der Waals surface area (Å²) in [5.74, 6) is -0.390. The number of nitrogens with two attached hydrogens (primary N) is 1. The van der Waals surface area contributed by atoms with Crippen LogP contribution >= 0.6 is 0 Å². The first-order chi connectivity index (χ1) is 7.91. The molecule has 2 atom stereocenters. The van der Waals surface area contributed by atoms with Crippen LogP contribution in [-0.4, -0.2) is 31.0 Å². The molecule has 0 radical (unpaired) electrons. The van der Waals surface area contributed by atoms with E-state index in [0.29, 0.717) is 5.56 Å². The number of rotatable bonds is 5. The van der Waals surface area contributed by atoms with E-state index in [1.165, 1.54) is 17.0 Å². The zero-order valence-corrected chi connectivity index (χ0v) is 9.91. The van der Waals surface area contributed by atoms with Crippen molar-refractivity contribution >= 4 is 0 Å². The van der Waals surface area contributed by atoms with Gasteiger partial charge in [0.25, 0.3) is 6.43 Å². The van der Waals surface area contributed by atoms with Gasteiger partial charge in [-0.3, -0.25) is 4.90 Å². The lowest BCUT2D eigenvalue weighted by Gasteiger charge is -2.31. The van der Waals surface area contributed by atoms with Gasteiger partial charge >= 0.3 is 0 Å². The number of hydrogen-bond acceptors (Lipinski definition) is 2. The van der Waals surface area contributed by atoms with Crippen molar-refractivity contribution in [3.63, 3.8) is 0 Å². The lowest BCUT2D eigenvalue weighted by molar-refractivity contribution is 0.0754. The first-order valence-electron chi connectivity index (χ1n) is 5.41. The molecule has 0 aliphatic carbocycles. The molecular weight excluding hydrogens is 229 g/mol. The average Bonchev–Trinajstić information content (AvgIpc) is 2.15. The summed E-state index contributed by atoms with van der Waals surface area (Å²) in [5, 5.41) is 0. The predicted octanol–water partition coefficient (Wildman–Crippen LogP) is 2.41. The second-order valence-corrected chi connectivity index (χ2v) is 4.19. The molecule has 0 heterocycles. The highest BCUT2D eigenvalue weighted by atomic mass is 19.3. The maximum Gasteiger partial charge on any atom is 0.251 e. The number of benzene rings is 1. The minimum absolute atomic E-state index is 0.361. The summed E-state index contributed by atoms with van der Waals surface area (Å²) >= 11 is 0. The van der Waals surface area contributed by atoms with Crippen LogP contribution in [0.1, 0.15) is 18.5 Å². The summed E-state index contributed by atoms with van der Waals surface area (Å²) in [7, 11) is 1.56. The maximum absolute atomic E-state index is 13.1. The van der Waals surface area contributed by atoms with E-state index >= 15 is 0 Å². The molecule has 0 aliphatic rings. The van der Waals surface area contributed by atoms with Crippen LogP contribution in [0.4, 0.5) is 13.2 Å². The van der Waals surface area contributed by atoms with Crippen LogP contribution in [0.15, 0.2) is 24.3 Å². The van der Waals surface area contributed by atoms with E-state index in [4.69, 9.17) is 5.73 Å². The van der Waals surface area contributed by atoms with Crippen LogP contribution in [0.25, 0.3) is 0 Å². The molecule has 96 valence electrons. The van der Waals surface area contributed by atoms with Crippen molar-refractivity contribution in [1.29, 1.82) is 0 Å². The first kappa shape index (κ1) is 14.0. The van der Waals surface area contributed by atoms with Gasteiger partial charge in [-0.05, 0) is 31.7 Å². The third kappa shape index (κ3) is 4.02. The molecule has 0 aliphatic heterocycles. The van der Waals surface area contributed by atoms with Crippen LogP contribution in [0, 0.1) is 5.82 Å². The average molecular weight is 246 g/mol. The van der Waals surface area contributed by atoms with Crippen molar-refractivity contribution in [2.75, 3.05) is 13.6 Å². The lowest BCUT2D eigenvalue weighted by atomic mass is 9.99. The molecule has 0 aromatic heterocycles. The second-order valence-electron chi connectivity index (χ2n) is 4.19. The van der Waals surface area contributed by atoms with Crippen molar-refractivity contribution in [2.45, 2.75) is 25.4 Å². The van der Waals surface area contributed by atoms with Crippen LogP contribution in [0.2, 0.25) is 0 Å². The van der Waals surface area contributed by atoms with Crippen molar-refractivity contribution in [3.8, 4) is 0 Å². The smallest absolute Gasteiger partial charge is 0.251 e. The Kier molecular flexibility index (Phi) is 4.96. The normalized spacial score (nSPS) is 15.3. The maximum atomic E-state index is 13.1. The third-order valence-corrected chi connectivity index (χ3v) is 2.59. The number of nitrogens with zero attached hydrogens (tertiary/aromatic N) is 1. The Morgan fingerprint density at radius 2 is 2.00 bits per heavy atom. The highest BCUT2D eigenvalue weighted by Crippen LogP contribution is 2.23. The summed E-state index contributed by atoms with van der Waals surface area (Å²) < 4.78 is 37.8. The largest absolute Gasteiger partial charge is 0.326 e. The minimum Gasteiger partial charge on any atom is -0.326 e. The van der Waals surface area contributed by atoms with Gasteiger partial charge in [0.15, 0.2) is 0 Å². The molecule has 2 nitrogen and oxygen atoms in total. The first-order valence-corrected chi connectivity index (χ1v) is 5.41. The van der Waals surface area contributed by atoms with Crippen LogP contribution < -0.4 is 5.73 Å². The van der Waals surface area contributed by atoms with Crippen molar-refractivity contribution < 1.29 is 13.2 Å². The van der Waals surface area contributed by atoms with Gasteiger partial charge in [0.05, 0.1) is 6.54 Å². The highest BCUT2D eigenvalue weighted by Gasteiger charge is 2.23. The molecule has 0 bridgehead atoms. The Bertz CT molecular complexity index is 355. The number of alkyl halides is 2. The Morgan fingerprint density at radius 1 is 1.35 bits per heavy atom. The SMILES string of the molecule is CC(N)C(c1cccc(F)c1)N(C)CC(F)F. The molecule has 0 fully saturated rings. The summed E-state index contributed by atoms with van der Waals surface area (Å²) in [4.78, 5) is 1.45.